The fourth-order valence-corrected chi connectivity index (χ4v) is 0.747. The monoisotopic (exact) mass is 166 g/mol. The summed E-state index contributed by atoms with van der Waals surface area (Å²) in [6, 6.07) is 0. The van der Waals surface area contributed by atoms with E-state index in [2.05, 4.69) is 14.7 Å². The zero-order valence-corrected chi connectivity index (χ0v) is 7.07. The molecule has 0 N–H and O–H groups in total. The highest BCUT2D eigenvalue weighted by atomic mass is 16.5. The summed E-state index contributed by atoms with van der Waals surface area (Å²) in [6.07, 6.45) is 3.81. The molecule has 0 spiro atoms. The third-order valence-electron chi connectivity index (χ3n) is 1.46. The van der Waals surface area contributed by atoms with Gasteiger partial charge < -0.3 is 4.74 Å². The second-order valence-electron chi connectivity index (χ2n) is 2.24. The van der Waals surface area contributed by atoms with E-state index in [4.69, 9.17) is 0 Å². The summed E-state index contributed by atoms with van der Waals surface area (Å²) in [7, 11) is 1.32. The van der Waals surface area contributed by atoms with E-state index in [1.807, 2.05) is 6.92 Å². The molecule has 0 bridgehead atoms. The standard InChI is InChI=1S/C8H10N2O2/c1-3-6-4-10-7(5-9-6)8(11)12-2/h4-5H,3H2,1-2H3. The quantitative estimate of drug-likeness (QED) is 0.610. The van der Waals surface area contributed by atoms with Crippen molar-refractivity contribution in [2.24, 2.45) is 0 Å². The minimum absolute atomic E-state index is 0.245. The molecular weight excluding hydrogens is 156 g/mol. The van der Waals surface area contributed by atoms with Crippen LogP contribution < -0.4 is 0 Å². The molecule has 0 fully saturated rings. The minimum Gasteiger partial charge on any atom is -0.464 e. The molecule has 0 aliphatic rings. The number of rotatable bonds is 2. The van der Waals surface area contributed by atoms with Gasteiger partial charge in [0.15, 0.2) is 5.69 Å². The smallest absolute Gasteiger partial charge is 0.358 e. The van der Waals surface area contributed by atoms with Crippen molar-refractivity contribution in [1.82, 2.24) is 9.97 Å². The van der Waals surface area contributed by atoms with Gasteiger partial charge in [-0.1, -0.05) is 6.92 Å². The minimum atomic E-state index is -0.454. The molecule has 0 amide bonds. The third-order valence-corrected chi connectivity index (χ3v) is 1.46. The number of ether oxygens (including phenoxy) is 1. The van der Waals surface area contributed by atoms with Crippen LogP contribution >= 0.6 is 0 Å². The molecule has 1 heterocycles. The van der Waals surface area contributed by atoms with Gasteiger partial charge in [0.2, 0.25) is 0 Å². The van der Waals surface area contributed by atoms with Gasteiger partial charge in [0, 0.05) is 6.20 Å². The second-order valence-corrected chi connectivity index (χ2v) is 2.24. The van der Waals surface area contributed by atoms with Crippen LogP contribution in [0.2, 0.25) is 0 Å². The molecule has 0 radical (unpaired) electrons. The number of aryl methyl sites for hydroxylation is 1. The molecule has 0 saturated heterocycles. The Kier molecular flexibility index (Phi) is 2.74. The Morgan fingerprint density at radius 1 is 1.50 bits per heavy atom. The summed E-state index contributed by atoms with van der Waals surface area (Å²) in [5.41, 5.74) is 1.11. The molecule has 1 aromatic rings. The maximum Gasteiger partial charge on any atom is 0.358 e. The number of nitrogens with zero attached hydrogens (tertiary/aromatic N) is 2. The van der Waals surface area contributed by atoms with Crippen LogP contribution in [-0.4, -0.2) is 23.0 Å². The van der Waals surface area contributed by atoms with E-state index in [0.717, 1.165) is 12.1 Å². The van der Waals surface area contributed by atoms with Gasteiger partial charge in [0.05, 0.1) is 19.0 Å². The molecule has 0 unspecified atom stereocenters. The van der Waals surface area contributed by atoms with Crippen molar-refractivity contribution in [2.45, 2.75) is 13.3 Å². The molecule has 0 aromatic carbocycles. The average Bonchev–Trinajstić information content (AvgIpc) is 2.17. The number of aromatic nitrogens is 2. The Balaban J connectivity index is 2.84. The topological polar surface area (TPSA) is 52.1 Å². The van der Waals surface area contributed by atoms with Crippen molar-refractivity contribution in [2.75, 3.05) is 7.11 Å². The van der Waals surface area contributed by atoms with Crippen LogP contribution in [0, 0.1) is 0 Å². The number of carbonyl (C=O) groups excluding carboxylic acids is 1. The summed E-state index contributed by atoms with van der Waals surface area (Å²) in [5, 5.41) is 0. The summed E-state index contributed by atoms with van der Waals surface area (Å²) < 4.78 is 4.47. The highest BCUT2D eigenvalue weighted by Gasteiger charge is 2.05. The highest BCUT2D eigenvalue weighted by Crippen LogP contribution is 1.97. The lowest BCUT2D eigenvalue weighted by atomic mass is 10.3. The number of hydrogen-bond acceptors (Lipinski definition) is 4. The molecule has 12 heavy (non-hydrogen) atoms. The lowest BCUT2D eigenvalue weighted by Crippen LogP contribution is -2.05. The average molecular weight is 166 g/mol. The Bertz CT molecular complexity index is 269. The molecule has 0 atom stereocenters. The number of hydrogen-bond donors (Lipinski definition) is 0. The van der Waals surface area contributed by atoms with Crippen LogP contribution in [0.5, 0.6) is 0 Å². The van der Waals surface area contributed by atoms with E-state index >= 15 is 0 Å². The molecule has 0 aliphatic heterocycles. The van der Waals surface area contributed by atoms with Gasteiger partial charge in [0.1, 0.15) is 0 Å². The van der Waals surface area contributed by atoms with Gasteiger partial charge in [-0.15, -0.1) is 0 Å². The Morgan fingerprint density at radius 3 is 2.67 bits per heavy atom. The molecule has 0 saturated carbocycles. The number of carbonyl (C=O) groups is 1. The number of esters is 1. The SMILES string of the molecule is CCc1cnc(C(=O)OC)cn1. The molecular formula is C8H10N2O2. The van der Waals surface area contributed by atoms with E-state index in [1.54, 1.807) is 6.20 Å². The van der Waals surface area contributed by atoms with E-state index < -0.39 is 5.97 Å². The normalized spacial score (nSPS) is 9.50. The van der Waals surface area contributed by atoms with Gasteiger partial charge in [0.25, 0.3) is 0 Å². The van der Waals surface area contributed by atoms with Gasteiger partial charge in [-0.2, -0.15) is 0 Å². The maximum atomic E-state index is 10.9. The van der Waals surface area contributed by atoms with Crippen LogP contribution in [0.15, 0.2) is 12.4 Å². The first-order chi connectivity index (χ1) is 5.77. The predicted molar refractivity (Wildman–Crippen MR) is 42.7 cm³/mol. The van der Waals surface area contributed by atoms with Crippen LogP contribution in [0.3, 0.4) is 0 Å². The zero-order chi connectivity index (χ0) is 8.97. The van der Waals surface area contributed by atoms with Crippen molar-refractivity contribution in [3.05, 3.63) is 23.8 Å². The van der Waals surface area contributed by atoms with Gasteiger partial charge in [-0.25, -0.2) is 9.78 Å². The molecule has 1 aromatic heterocycles. The first-order valence-corrected chi connectivity index (χ1v) is 3.67. The van der Waals surface area contributed by atoms with Crippen molar-refractivity contribution in [3.8, 4) is 0 Å². The van der Waals surface area contributed by atoms with E-state index in [-0.39, 0.29) is 5.69 Å². The Morgan fingerprint density at radius 2 is 2.25 bits per heavy atom. The molecule has 0 aliphatic carbocycles. The summed E-state index contributed by atoms with van der Waals surface area (Å²) in [5.74, 6) is -0.454. The van der Waals surface area contributed by atoms with Crippen LogP contribution in [0.4, 0.5) is 0 Å². The lowest BCUT2D eigenvalue weighted by molar-refractivity contribution is 0.0593. The molecule has 1 rings (SSSR count). The van der Waals surface area contributed by atoms with Gasteiger partial charge in [-0.05, 0) is 6.42 Å². The van der Waals surface area contributed by atoms with Crippen molar-refractivity contribution >= 4 is 5.97 Å². The maximum absolute atomic E-state index is 10.9. The van der Waals surface area contributed by atoms with Crippen LogP contribution in [0.25, 0.3) is 0 Å². The lowest BCUT2D eigenvalue weighted by Gasteiger charge is -1.97. The first kappa shape index (κ1) is 8.64. The zero-order valence-electron chi connectivity index (χ0n) is 7.07. The predicted octanol–water partition coefficient (Wildman–Crippen LogP) is 0.826. The Labute approximate surface area is 70.6 Å². The van der Waals surface area contributed by atoms with E-state index in [1.165, 1.54) is 13.3 Å². The van der Waals surface area contributed by atoms with Crippen molar-refractivity contribution in [1.29, 1.82) is 0 Å². The molecule has 64 valence electrons. The number of methoxy groups -OCH3 is 1. The van der Waals surface area contributed by atoms with Gasteiger partial charge in [-0.3, -0.25) is 4.98 Å². The third kappa shape index (κ3) is 1.78. The Hall–Kier alpha value is -1.45. The van der Waals surface area contributed by atoms with Crippen molar-refractivity contribution < 1.29 is 9.53 Å². The van der Waals surface area contributed by atoms with Crippen LogP contribution in [0.1, 0.15) is 23.1 Å². The fourth-order valence-electron chi connectivity index (χ4n) is 0.747. The van der Waals surface area contributed by atoms with Crippen LogP contribution in [-0.2, 0) is 11.2 Å². The summed E-state index contributed by atoms with van der Waals surface area (Å²) >= 11 is 0. The van der Waals surface area contributed by atoms with Gasteiger partial charge >= 0.3 is 5.97 Å². The van der Waals surface area contributed by atoms with E-state index in [9.17, 15) is 4.79 Å². The van der Waals surface area contributed by atoms with E-state index in [0.29, 0.717) is 0 Å². The fraction of sp³-hybridized carbons (Fsp3) is 0.375. The molecule has 4 heteroatoms. The summed E-state index contributed by atoms with van der Waals surface area (Å²) in [6.45, 7) is 1.97. The summed E-state index contributed by atoms with van der Waals surface area (Å²) in [4.78, 5) is 18.8. The highest BCUT2D eigenvalue weighted by molar-refractivity contribution is 5.86. The largest absolute Gasteiger partial charge is 0.464 e. The van der Waals surface area contributed by atoms with Crippen molar-refractivity contribution in [3.63, 3.8) is 0 Å². The molecule has 4 nitrogen and oxygen atoms in total. The second kappa shape index (κ2) is 3.80. The first-order valence-electron chi connectivity index (χ1n) is 3.67.